The van der Waals surface area contributed by atoms with Crippen LogP contribution in [0, 0.1) is 5.92 Å². The minimum absolute atomic E-state index is 0.204. The summed E-state index contributed by atoms with van der Waals surface area (Å²) in [6.07, 6.45) is 5.66. The summed E-state index contributed by atoms with van der Waals surface area (Å²) in [4.78, 5) is 14.1. The van der Waals surface area contributed by atoms with Crippen LogP contribution in [-0.2, 0) is 22.6 Å². The Morgan fingerprint density at radius 1 is 1.35 bits per heavy atom. The van der Waals surface area contributed by atoms with Crippen LogP contribution in [0.25, 0.3) is 0 Å². The summed E-state index contributed by atoms with van der Waals surface area (Å²) in [5.41, 5.74) is 0.719. The van der Waals surface area contributed by atoms with Crippen molar-refractivity contribution in [1.82, 2.24) is 20.0 Å². The van der Waals surface area contributed by atoms with Gasteiger partial charge in [0.1, 0.15) is 5.60 Å². The van der Waals surface area contributed by atoms with Crippen molar-refractivity contribution < 1.29 is 14.3 Å². The molecule has 7 nitrogen and oxygen atoms in total. The van der Waals surface area contributed by atoms with Crippen LogP contribution in [0.4, 0.5) is 4.79 Å². The van der Waals surface area contributed by atoms with Crippen LogP contribution in [0.3, 0.4) is 0 Å². The third-order valence-corrected chi connectivity index (χ3v) is 4.68. The molecule has 0 radical (unpaired) electrons. The lowest BCUT2D eigenvalue weighted by Gasteiger charge is -2.26. The van der Waals surface area contributed by atoms with Crippen LogP contribution in [0.5, 0.6) is 0 Å². The summed E-state index contributed by atoms with van der Waals surface area (Å²) in [6.45, 7) is 11.7. The maximum absolute atomic E-state index is 12.3. The number of nitrogens with zero attached hydrogens (tertiary/aromatic N) is 3. The Kier molecular flexibility index (Phi) is 7.46. The zero-order valence-corrected chi connectivity index (χ0v) is 16.8. The highest BCUT2D eigenvalue weighted by atomic mass is 16.6. The molecule has 0 spiro atoms. The van der Waals surface area contributed by atoms with Crippen LogP contribution in [-0.4, -0.2) is 59.2 Å². The zero-order chi connectivity index (χ0) is 19.2. The Bertz CT molecular complexity index is 567. The number of carbonyl (C=O) groups excluding carboxylic acids is 1. The molecule has 148 valence electrons. The summed E-state index contributed by atoms with van der Waals surface area (Å²) < 4.78 is 12.5. The monoisotopic (exact) mass is 366 g/mol. The van der Waals surface area contributed by atoms with Gasteiger partial charge in [0.05, 0.1) is 19.3 Å². The van der Waals surface area contributed by atoms with Crippen LogP contribution < -0.4 is 5.32 Å². The van der Waals surface area contributed by atoms with E-state index in [1.165, 1.54) is 5.56 Å². The van der Waals surface area contributed by atoms with Gasteiger partial charge in [-0.15, -0.1) is 0 Å². The molecule has 2 atom stereocenters. The molecule has 0 aliphatic carbocycles. The molecule has 7 heteroatoms. The van der Waals surface area contributed by atoms with Crippen LogP contribution >= 0.6 is 0 Å². The van der Waals surface area contributed by atoms with Gasteiger partial charge in [-0.3, -0.25) is 4.68 Å². The molecule has 26 heavy (non-hydrogen) atoms. The average Bonchev–Trinajstić information content (AvgIpc) is 2.92. The lowest BCUT2D eigenvalue weighted by Crippen LogP contribution is -2.38. The topological polar surface area (TPSA) is 68.6 Å². The van der Waals surface area contributed by atoms with E-state index < -0.39 is 5.60 Å². The Morgan fingerprint density at radius 2 is 2.08 bits per heavy atom. The highest BCUT2D eigenvalue weighted by Crippen LogP contribution is 2.20. The molecule has 1 N–H and O–H groups in total. The number of aromatic nitrogens is 2. The number of nitrogens with one attached hydrogen (secondary N) is 1. The summed E-state index contributed by atoms with van der Waals surface area (Å²) in [5.74, 6) is 0.506. The predicted octanol–water partition coefficient (Wildman–Crippen LogP) is 2.65. The highest BCUT2D eigenvalue weighted by Gasteiger charge is 2.28. The van der Waals surface area contributed by atoms with Gasteiger partial charge in [0.25, 0.3) is 0 Å². The second-order valence-corrected chi connectivity index (χ2v) is 8.11. The zero-order valence-electron chi connectivity index (χ0n) is 16.8. The average molecular weight is 367 g/mol. The van der Waals surface area contributed by atoms with Gasteiger partial charge in [0.15, 0.2) is 0 Å². The van der Waals surface area contributed by atoms with Crippen molar-refractivity contribution in [3.05, 3.63) is 18.0 Å². The maximum atomic E-state index is 12.3. The van der Waals surface area contributed by atoms with Crippen molar-refractivity contribution in [3.8, 4) is 0 Å². The third kappa shape index (κ3) is 6.61. The van der Waals surface area contributed by atoms with E-state index in [1.54, 1.807) is 7.11 Å². The number of amides is 1. The molecule has 1 amide bonds. The van der Waals surface area contributed by atoms with Gasteiger partial charge in [-0.25, -0.2) is 4.79 Å². The first-order valence-electron chi connectivity index (χ1n) is 9.50. The van der Waals surface area contributed by atoms with Crippen LogP contribution in [0.15, 0.2) is 12.4 Å². The number of methoxy groups -OCH3 is 1. The molecule has 1 aromatic heterocycles. The Labute approximate surface area is 157 Å². The lowest BCUT2D eigenvalue weighted by atomic mass is 9.97. The molecule has 0 aromatic carbocycles. The van der Waals surface area contributed by atoms with E-state index in [4.69, 9.17) is 9.47 Å². The third-order valence-electron chi connectivity index (χ3n) is 4.68. The molecule has 0 unspecified atom stereocenters. The molecule has 1 aliphatic rings. The van der Waals surface area contributed by atoms with Crippen molar-refractivity contribution in [2.24, 2.45) is 5.92 Å². The second kappa shape index (κ2) is 9.37. The fraction of sp³-hybridized carbons (Fsp3) is 0.789. The van der Waals surface area contributed by atoms with E-state index >= 15 is 0 Å². The molecule has 1 aromatic rings. The molecule has 2 heterocycles. The fourth-order valence-corrected chi connectivity index (χ4v) is 3.12. The first-order chi connectivity index (χ1) is 12.3. The van der Waals surface area contributed by atoms with Gasteiger partial charge in [-0.05, 0) is 39.5 Å². The normalized spacial score (nSPS) is 21.5. The van der Waals surface area contributed by atoms with E-state index in [2.05, 4.69) is 23.5 Å². The number of likely N-dealkylation sites (tertiary alicyclic amines) is 1. The number of hydrogen-bond acceptors (Lipinski definition) is 5. The Morgan fingerprint density at radius 3 is 2.77 bits per heavy atom. The van der Waals surface area contributed by atoms with Gasteiger partial charge < -0.3 is 19.7 Å². The van der Waals surface area contributed by atoms with E-state index in [-0.39, 0.29) is 6.09 Å². The van der Waals surface area contributed by atoms with E-state index in [0.717, 1.165) is 39.0 Å². The van der Waals surface area contributed by atoms with Gasteiger partial charge >= 0.3 is 6.09 Å². The first-order valence-corrected chi connectivity index (χ1v) is 9.50. The Hall–Kier alpha value is -1.60. The molecule has 1 aliphatic heterocycles. The van der Waals surface area contributed by atoms with Crippen molar-refractivity contribution in [2.45, 2.75) is 65.3 Å². The first kappa shape index (κ1) is 20.7. The van der Waals surface area contributed by atoms with Gasteiger partial charge in [-0.2, -0.15) is 5.10 Å². The number of hydrogen-bond donors (Lipinski definition) is 1. The highest BCUT2D eigenvalue weighted by molar-refractivity contribution is 5.68. The molecular weight excluding hydrogens is 332 g/mol. The fourth-order valence-electron chi connectivity index (χ4n) is 3.12. The largest absolute Gasteiger partial charge is 0.444 e. The number of rotatable bonds is 6. The van der Waals surface area contributed by atoms with E-state index in [9.17, 15) is 4.79 Å². The second-order valence-electron chi connectivity index (χ2n) is 8.11. The predicted molar refractivity (Wildman–Crippen MR) is 101 cm³/mol. The SMILES string of the molecule is COCCn1cc(CN[C@@H]2CCN(C(=O)OC(C)(C)C)CC[C@@H]2C)cn1. The summed E-state index contributed by atoms with van der Waals surface area (Å²) in [7, 11) is 1.69. The summed E-state index contributed by atoms with van der Waals surface area (Å²) in [5, 5.41) is 7.99. The van der Waals surface area contributed by atoms with Crippen molar-refractivity contribution in [1.29, 1.82) is 0 Å². The molecule has 0 bridgehead atoms. The quantitative estimate of drug-likeness (QED) is 0.838. The smallest absolute Gasteiger partial charge is 0.410 e. The lowest BCUT2D eigenvalue weighted by molar-refractivity contribution is 0.0255. The summed E-state index contributed by atoms with van der Waals surface area (Å²) >= 11 is 0. The van der Waals surface area contributed by atoms with Crippen molar-refractivity contribution in [3.63, 3.8) is 0 Å². The molecule has 1 saturated heterocycles. The maximum Gasteiger partial charge on any atom is 0.410 e. The van der Waals surface area contributed by atoms with Gasteiger partial charge in [0, 0.05) is 44.5 Å². The molecule has 1 fully saturated rings. The standard InChI is InChI=1S/C19H34N4O3/c1-15-6-8-22(18(24)26-19(2,3)4)9-7-17(15)20-12-16-13-21-23(14-16)10-11-25-5/h13-15,17,20H,6-12H2,1-5H3/t15-,17+/m0/s1. The Balaban J connectivity index is 1.83. The van der Waals surface area contributed by atoms with E-state index in [0.29, 0.717) is 18.6 Å². The van der Waals surface area contributed by atoms with E-state index in [1.807, 2.05) is 36.5 Å². The minimum Gasteiger partial charge on any atom is -0.444 e. The van der Waals surface area contributed by atoms with Crippen molar-refractivity contribution in [2.75, 3.05) is 26.8 Å². The van der Waals surface area contributed by atoms with Crippen LogP contribution in [0.2, 0.25) is 0 Å². The van der Waals surface area contributed by atoms with Crippen molar-refractivity contribution >= 4 is 6.09 Å². The van der Waals surface area contributed by atoms with Crippen LogP contribution in [0.1, 0.15) is 46.1 Å². The van der Waals surface area contributed by atoms with Gasteiger partial charge in [-0.1, -0.05) is 6.92 Å². The molecule has 2 rings (SSSR count). The molecular formula is C19H34N4O3. The molecule has 0 saturated carbocycles. The summed E-state index contributed by atoms with van der Waals surface area (Å²) in [6, 6.07) is 0.379. The van der Waals surface area contributed by atoms with Gasteiger partial charge in [0.2, 0.25) is 0 Å². The number of ether oxygens (including phenoxy) is 2. The number of carbonyl (C=O) groups is 1. The minimum atomic E-state index is -0.449.